The molecule has 0 fully saturated rings. The molecular weight excluding hydrogens is 651 g/mol. The maximum Gasteiger partial charge on any atom is 0.469 e. The molecule has 0 unspecified atom stereocenters. The van der Waals surface area contributed by atoms with Crippen LogP contribution >= 0.6 is 7.82 Å². The lowest BCUT2D eigenvalue weighted by atomic mass is 10.1. The molecule has 0 aliphatic carbocycles. The Balaban J connectivity index is 3.99. The summed E-state index contributed by atoms with van der Waals surface area (Å²) >= 11 is 0. The highest BCUT2D eigenvalue weighted by molar-refractivity contribution is 7.46. The number of ether oxygens (including phenoxy) is 2. The third-order valence-corrected chi connectivity index (χ3v) is 9.12. The van der Waals surface area contributed by atoms with Gasteiger partial charge in [0.25, 0.3) is 0 Å². The van der Waals surface area contributed by atoms with E-state index in [1.165, 1.54) is 116 Å². The lowest BCUT2D eigenvalue weighted by molar-refractivity contribution is -0.161. The number of esters is 2. The Morgan fingerprint density at radius 1 is 0.520 bits per heavy atom. The molecule has 0 aromatic rings. The summed E-state index contributed by atoms with van der Waals surface area (Å²) in [7, 11) is -4.76. The van der Waals surface area contributed by atoms with Gasteiger partial charge in [0.2, 0.25) is 0 Å². The van der Waals surface area contributed by atoms with E-state index in [0.29, 0.717) is 12.8 Å². The van der Waals surface area contributed by atoms with Crippen molar-refractivity contribution in [3.8, 4) is 0 Å². The van der Waals surface area contributed by atoms with Gasteiger partial charge >= 0.3 is 19.8 Å². The van der Waals surface area contributed by atoms with Crippen LogP contribution in [0, 0.1) is 0 Å². The first kappa shape index (κ1) is 48.3. The number of hydrogen-bond acceptors (Lipinski definition) is 6. The molecule has 0 aromatic carbocycles. The predicted octanol–water partition coefficient (Wildman–Crippen LogP) is 12.2. The smallest absolute Gasteiger partial charge is 0.462 e. The second-order valence-electron chi connectivity index (χ2n) is 13.6. The maximum absolute atomic E-state index is 12.4. The molecule has 0 aliphatic rings. The molecule has 0 spiro atoms. The van der Waals surface area contributed by atoms with E-state index in [9.17, 15) is 14.2 Å². The van der Waals surface area contributed by atoms with Crippen molar-refractivity contribution in [1.82, 2.24) is 0 Å². The Labute approximate surface area is 306 Å². The van der Waals surface area contributed by atoms with Crippen LogP contribution in [0.2, 0.25) is 0 Å². The normalized spacial score (nSPS) is 12.8. The zero-order chi connectivity index (χ0) is 36.8. The largest absolute Gasteiger partial charge is 0.469 e. The minimum Gasteiger partial charge on any atom is -0.462 e. The van der Waals surface area contributed by atoms with E-state index in [2.05, 4.69) is 54.8 Å². The van der Waals surface area contributed by atoms with Crippen LogP contribution in [0.5, 0.6) is 0 Å². The SMILES string of the molecule is CCCC/C=C/CCCCCCCCCCCC(=O)O[C@H](COC(=O)CCC/C=C/C/C=C/CCCCCCCCCCC)COP(=O)(O)O. The summed E-state index contributed by atoms with van der Waals surface area (Å²) in [5.41, 5.74) is 0. The second-order valence-corrected chi connectivity index (χ2v) is 14.8. The fraction of sp³-hybridized carbons (Fsp3) is 0.805. The van der Waals surface area contributed by atoms with Crippen molar-refractivity contribution in [2.24, 2.45) is 0 Å². The third-order valence-electron chi connectivity index (χ3n) is 8.63. The van der Waals surface area contributed by atoms with Crippen LogP contribution in [-0.4, -0.2) is 41.0 Å². The fourth-order valence-electron chi connectivity index (χ4n) is 5.57. The number of phosphoric acid groups is 1. The van der Waals surface area contributed by atoms with E-state index in [1.807, 2.05) is 0 Å². The number of allylic oxidation sites excluding steroid dienone is 6. The topological polar surface area (TPSA) is 119 Å². The molecule has 50 heavy (non-hydrogen) atoms. The molecule has 8 nitrogen and oxygen atoms in total. The van der Waals surface area contributed by atoms with Gasteiger partial charge in [0.15, 0.2) is 6.10 Å². The lowest BCUT2D eigenvalue weighted by Gasteiger charge is -2.18. The average Bonchev–Trinajstić information content (AvgIpc) is 3.08. The van der Waals surface area contributed by atoms with Gasteiger partial charge in [-0.25, -0.2) is 4.57 Å². The maximum atomic E-state index is 12.4. The van der Waals surface area contributed by atoms with Gasteiger partial charge in [0.1, 0.15) is 6.61 Å². The Kier molecular flexibility index (Phi) is 35.8. The molecule has 0 heterocycles. The molecule has 0 rings (SSSR count). The van der Waals surface area contributed by atoms with Gasteiger partial charge in [0, 0.05) is 12.8 Å². The van der Waals surface area contributed by atoms with Crippen molar-refractivity contribution >= 4 is 19.8 Å². The fourth-order valence-corrected chi connectivity index (χ4v) is 5.93. The van der Waals surface area contributed by atoms with Gasteiger partial charge in [-0.3, -0.25) is 14.1 Å². The van der Waals surface area contributed by atoms with Crippen LogP contribution in [-0.2, 0) is 28.2 Å². The molecule has 0 aliphatic heterocycles. The van der Waals surface area contributed by atoms with Gasteiger partial charge in [0.05, 0.1) is 6.61 Å². The molecule has 2 N–H and O–H groups in total. The molecule has 9 heteroatoms. The van der Waals surface area contributed by atoms with Crippen molar-refractivity contribution in [2.45, 2.75) is 200 Å². The summed E-state index contributed by atoms with van der Waals surface area (Å²) in [6, 6.07) is 0. The highest BCUT2D eigenvalue weighted by Gasteiger charge is 2.22. The summed E-state index contributed by atoms with van der Waals surface area (Å²) in [6.07, 6.45) is 43.0. The average molecular weight is 727 g/mol. The number of unbranched alkanes of at least 4 members (excludes halogenated alkanes) is 21. The Bertz CT molecular complexity index is 910. The highest BCUT2D eigenvalue weighted by Crippen LogP contribution is 2.36. The standard InChI is InChI=1S/C41H75O8P/c1-3-5-7-9-11-13-15-17-19-20-22-23-25-27-29-31-33-35-40(42)47-37-39(38-48-50(44,45)46)49-41(43)36-34-32-30-28-26-24-21-18-16-14-12-10-8-6-4-2/h10,12,22-23,27,29,39H,3-9,11,13-21,24-26,28,30-38H2,1-2H3,(H2,44,45,46)/b12-10+,23-22+,29-27+/t39-/m1/s1. The Hall–Kier alpha value is -1.73. The first-order valence-electron chi connectivity index (χ1n) is 20.3. The first-order valence-corrected chi connectivity index (χ1v) is 21.8. The second kappa shape index (κ2) is 37.0. The summed E-state index contributed by atoms with van der Waals surface area (Å²) in [5, 5.41) is 0. The molecule has 1 atom stereocenters. The quantitative estimate of drug-likeness (QED) is 0.0281. The first-order chi connectivity index (χ1) is 24.3. The minimum absolute atomic E-state index is 0.201. The molecule has 0 radical (unpaired) electrons. The molecule has 292 valence electrons. The number of phosphoric ester groups is 1. The van der Waals surface area contributed by atoms with E-state index in [-0.39, 0.29) is 19.4 Å². The van der Waals surface area contributed by atoms with Crippen molar-refractivity contribution < 1.29 is 37.9 Å². The summed E-state index contributed by atoms with van der Waals surface area (Å²) in [5.74, 6) is -0.938. The van der Waals surface area contributed by atoms with E-state index in [4.69, 9.17) is 19.3 Å². The number of rotatable bonds is 37. The van der Waals surface area contributed by atoms with Crippen molar-refractivity contribution in [2.75, 3.05) is 13.2 Å². The molecular formula is C41H75O8P. The number of carbonyl (C=O) groups excluding carboxylic acids is 2. The van der Waals surface area contributed by atoms with Crippen LogP contribution in [0.15, 0.2) is 36.5 Å². The summed E-state index contributed by atoms with van der Waals surface area (Å²) in [6.45, 7) is 3.62. The minimum atomic E-state index is -4.76. The van der Waals surface area contributed by atoms with Crippen molar-refractivity contribution in [1.29, 1.82) is 0 Å². The van der Waals surface area contributed by atoms with E-state index in [1.54, 1.807) is 0 Å². The van der Waals surface area contributed by atoms with E-state index >= 15 is 0 Å². The third kappa shape index (κ3) is 39.1. The Morgan fingerprint density at radius 2 is 0.940 bits per heavy atom. The van der Waals surface area contributed by atoms with Crippen LogP contribution in [0.4, 0.5) is 0 Å². The van der Waals surface area contributed by atoms with Crippen LogP contribution in [0.25, 0.3) is 0 Å². The number of hydrogen-bond donors (Lipinski definition) is 2. The molecule has 0 aromatic heterocycles. The van der Waals surface area contributed by atoms with Crippen molar-refractivity contribution in [3.63, 3.8) is 0 Å². The monoisotopic (exact) mass is 727 g/mol. The van der Waals surface area contributed by atoms with Crippen LogP contribution in [0.1, 0.15) is 194 Å². The Morgan fingerprint density at radius 3 is 1.46 bits per heavy atom. The summed E-state index contributed by atoms with van der Waals surface area (Å²) in [4.78, 5) is 42.7. The van der Waals surface area contributed by atoms with Crippen LogP contribution < -0.4 is 0 Å². The summed E-state index contributed by atoms with van der Waals surface area (Å²) < 4.78 is 26.3. The number of carbonyl (C=O) groups is 2. The zero-order valence-electron chi connectivity index (χ0n) is 32.0. The van der Waals surface area contributed by atoms with Crippen molar-refractivity contribution in [3.05, 3.63) is 36.5 Å². The molecule has 0 saturated carbocycles. The lowest BCUT2D eigenvalue weighted by Crippen LogP contribution is -2.29. The van der Waals surface area contributed by atoms with E-state index < -0.39 is 32.5 Å². The van der Waals surface area contributed by atoms with Gasteiger partial charge in [-0.2, -0.15) is 0 Å². The molecule has 0 amide bonds. The molecule has 0 bridgehead atoms. The van der Waals surface area contributed by atoms with Gasteiger partial charge in [-0.1, -0.05) is 159 Å². The van der Waals surface area contributed by atoms with Gasteiger partial charge in [-0.15, -0.1) is 0 Å². The van der Waals surface area contributed by atoms with Gasteiger partial charge in [-0.05, 0) is 57.8 Å². The highest BCUT2D eigenvalue weighted by atomic mass is 31.2. The molecule has 0 saturated heterocycles. The van der Waals surface area contributed by atoms with Crippen LogP contribution in [0.3, 0.4) is 0 Å². The predicted molar refractivity (Wildman–Crippen MR) is 207 cm³/mol. The van der Waals surface area contributed by atoms with E-state index in [0.717, 1.165) is 38.5 Å². The van der Waals surface area contributed by atoms with Gasteiger partial charge < -0.3 is 19.3 Å². The zero-order valence-corrected chi connectivity index (χ0v) is 32.9.